The average molecular weight is 378 g/mol. The van der Waals surface area contributed by atoms with Gasteiger partial charge < -0.3 is 4.74 Å². The minimum absolute atomic E-state index is 0.439. The predicted molar refractivity (Wildman–Crippen MR) is 93.6 cm³/mol. The Kier molecular flexibility index (Phi) is 3.91. The second kappa shape index (κ2) is 5.90. The first kappa shape index (κ1) is 14.6. The zero-order chi connectivity index (χ0) is 15.1. The molecule has 0 radical (unpaired) electrons. The lowest BCUT2D eigenvalue weighted by molar-refractivity contribution is 0.194. The standard InChI is InChI=1S/C19H18BrClO/c20-16-3-6-19(21)15(9-16)7-12-1-4-17(5-2-12)22-18-10-13-8-14(13)11-18/h1-6,9,13-14,18H,7-8,10-11H2. The second-order valence-electron chi connectivity index (χ2n) is 6.52. The normalized spacial score (nSPS) is 25.8. The maximum atomic E-state index is 6.26. The number of rotatable bonds is 4. The Bertz CT molecular complexity index is 672. The number of ether oxygens (including phenoxy) is 1. The maximum absolute atomic E-state index is 6.26. The molecule has 0 aliphatic heterocycles. The first-order chi connectivity index (χ1) is 10.7. The van der Waals surface area contributed by atoms with Crippen LogP contribution in [-0.2, 0) is 6.42 Å². The molecule has 4 rings (SSSR count). The number of halogens is 2. The molecule has 2 aromatic rings. The van der Waals surface area contributed by atoms with E-state index in [1.807, 2.05) is 12.1 Å². The first-order valence-corrected chi connectivity index (χ1v) is 9.04. The minimum atomic E-state index is 0.439. The maximum Gasteiger partial charge on any atom is 0.119 e. The van der Waals surface area contributed by atoms with Crippen LogP contribution in [-0.4, -0.2) is 6.10 Å². The minimum Gasteiger partial charge on any atom is -0.490 e. The fraction of sp³-hybridized carbons (Fsp3) is 0.368. The van der Waals surface area contributed by atoms with E-state index < -0.39 is 0 Å². The molecule has 2 aromatic carbocycles. The lowest BCUT2D eigenvalue weighted by Crippen LogP contribution is -2.13. The van der Waals surface area contributed by atoms with Crippen molar-refractivity contribution in [2.24, 2.45) is 11.8 Å². The molecule has 2 aliphatic rings. The van der Waals surface area contributed by atoms with Gasteiger partial charge in [-0.2, -0.15) is 0 Å². The highest BCUT2D eigenvalue weighted by Gasteiger charge is 2.46. The van der Waals surface area contributed by atoms with Crippen LogP contribution >= 0.6 is 27.5 Å². The molecule has 2 saturated carbocycles. The molecule has 1 nitrogen and oxygen atoms in total. The van der Waals surface area contributed by atoms with E-state index in [9.17, 15) is 0 Å². The van der Waals surface area contributed by atoms with Crippen molar-refractivity contribution in [1.29, 1.82) is 0 Å². The summed E-state index contributed by atoms with van der Waals surface area (Å²) in [5, 5.41) is 0.814. The van der Waals surface area contributed by atoms with Gasteiger partial charge in [0.25, 0.3) is 0 Å². The lowest BCUT2D eigenvalue weighted by atomic mass is 10.0. The van der Waals surface area contributed by atoms with Gasteiger partial charge >= 0.3 is 0 Å². The Labute approximate surface area is 144 Å². The molecule has 2 unspecified atom stereocenters. The summed E-state index contributed by atoms with van der Waals surface area (Å²) in [6.45, 7) is 0. The monoisotopic (exact) mass is 376 g/mol. The molecule has 0 aromatic heterocycles. The number of fused-ring (bicyclic) bond motifs is 1. The zero-order valence-corrected chi connectivity index (χ0v) is 14.6. The van der Waals surface area contributed by atoms with Crippen molar-refractivity contribution in [2.45, 2.75) is 31.8 Å². The molecule has 2 aliphatic carbocycles. The lowest BCUT2D eigenvalue weighted by Gasteiger charge is -2.15. The van der Waals surface area contributed by atoms with Crippen LogP contribution in [0.5, 0.6) is 5.75 Å². The fourth-order valence-electron chi connectivity index (χ4n) is 3.53. The largest absolute Gasteiger partial charge is 0.490 e. The van der Waals surface area contributed by atoms with Gasteiger partial charge in [0, 0.05) is 9.50 Å². The highest BCUT2D eigenvalue weighted by atomic mass is 79.9. The summed E-state index contributed by atoms with van der Waals surface area (Å²) in [6, 6.07) is 14.4. The summed E-state index contributed by atoms with van der Waals surface area (Å²) in [5.41, 5.74) is 2.39. The molecule has 0 spiro atoms. The molecular formula is C19H18BrClO. The van der Waals surface area contributed by atoms with Crippen LogP contribution < -0.4 is 4.74 Å². The van der Waals surface area contributed by atoms with E-state index in [1.54, 1.807) is 0 Å². The third kappa shape index (κ3) is 3.18. The fourth-order valence-corrected chi connectivity index (χ4v) is 4.13. The van der Waals surface area contributed by atoms with Crippen LogP contribution in [0.15, 0.2) is 46.9 Å². The summed E-state index contributed by atoms with van der Waals surface area (Å²) in [6.07, 6.45) is 5.22. The van der Waals surface area contributed by atoms with E-state index >= 15 is 0 Å². The zero-order valence-electron chi connectivity index (χ0n) is 12.3. The Morgan fingerprint density at radius 3 is 2.45 bits per heavy atom. The van der Waals surface area contributed by atoms with Gasteiger partial charge in [-0.05, 0) is 79.0 Å². The van der Waals surface area contributed by atoms with Gasteiger partial charge in [-0.25, -0.2) is 0 Å². The third-order valence-electron chi connectivity index (χ3n) is 4.83. The van der Waals surface area contributed by atoms with Crippen LogP contribution in [0.4, 0.5) is 0 Å². The van der Waals surface area contributed by atoms with Crippen LogP contribution in [0.1, 0.15) is 30.4 Å². The molecule has 0 N–H and O–H groups in total. The summed E-state index contributed by atoms with van der Waals surface area (Å²) >= 11 is 9.76. The van der Waals surface area contributed by atoms with E-state index in [2.05, 4.69) is 46.3 Å². The Morgan fingerprint density at radius 2 is 1.73 bits per heavy atom. The summed E-state index contributed by atoms with van der Waals surface area (Å²) < 4.78 is 7.15. The van der Waals surface area contributed by atoms with E-state index in [0.717, 1.165) is 39.1 Å². The molecule has 22 heavy (non-hydrogen) atoms. The Balaban J connectivity index is 1.41. The van der Waals surface area contributed by atoms with E-state index in [-0.39, 0.29) is 0 Å². The molecular weight excluding hydrogens is 360 g/mol. The molecule has 2 atom stereocenters. The SMILES string of the molecule is Clc1ccc(Br)cc1Cc1ccc(OC2CC3CC3C2)cc1. The molecule has 0 bridgehead atoms. The molecule has 0 amide bonds. The topological polar surface area (TPSA) is 9.23 Å². The Morgan fingerprint density at radius 1 is 1.00 bits per heavy atom. The van der Waals surface area contributed by atoms with Crippen molar-refractivity contribution in [2.75, 3.05) is 0 Å². The third-order valence-corrected chi connectivity index (χ3v) is 5.69. The quantitative estimate of drug-likeness (QED) is 0.647. The second-order valence-corrected chi connectivity index (χ2v) is 7.85. The van der Waals surface area contributed by atoms with Crippen LogP contribution in [0.2, 0.25) is 5.02 Å². The Hall–Kier alpha value is -0.990. The van der Waals surface area contributed by atoms with Gasteiger partial charge in [0.15, 0.2) is 0 Å². The number of hydrogen-bond acceptors (Lipinski definition) is 1. The van der Waals surface area contributed by atoms with Gasteiger partial charge in [-0.3, -0.25) is 0 Å². The molecule has 0 saturated heterocycles. The first-order valence-electron chi connectivity index (χ1n) is 7.87. The van der Waals surface area contributed by atoms with Gasteiger partial charge in [0.1, 0.15) is 5.75 Å². The number of hydrogen-bond donors (Lipinski definition) is 0. The van der Waals surface area contributed by atoms with Crippen LogP contribution in [0.3, 0.4) is 0 Å². The highest BCUT2D eigenvalue weighted by molar-refractivity contribution is 9.10. The van der Waals surface area contributed by atoms with E-state index in [4.69, 9.17) is 16.3 Å². The highest BCUT2D eigenvalue weighted by Crippen LogP contribution is 2.52. The van der Waals surface area contributed by atoms with Crippen molar-refractivity contribution >= 4 is 27.5 Å². The van der Waals surface area contributed by atoms with Gasteiger partial charge in [0.05, 0.1) is 6.10 Å². The van der Waals surface area contributed by atoms with E-state index in [0.29, 0.717) is 6.10 Å². The smallest absolute Gasteiger partial charge is 0.119 e. The van der Waals surface area contributed by atoms with Crippen molar-refractivity contribution in [3.05, 3.63) is 63.1 Å². The molecule has 3 heteroatoms. The van der Waals surface area contributed by atoms with Gasteiger partial charge in [-0.15, -0.1) is 0 Å². The van der Waals surface area contributed by atoms with Crippen molar-refractivity contribution in [3.63, 3.8) is 0 Å². The van der Waals surface area contributed by atoms with E-state index in [1.165, 1.54) is 24.8 Å². The van der Waals surface area contributed by atoms with Crippen molar-refractivity contribution < 1.29 is 4.74 Å². The average Bonchev–Trinajstić information content (AvgIpc) is 3.12. The predicted octanol–water partition coefficient (Wildman–Crippen LogP) is 5.87. The van der Waals surface area contributed by atoms with Crippen molar-refractivity contribution in [3.8, 4) is 5.75 Å². The summed E-state index contributed by atoms with van der Waals surface area (Å²) in [5.74, 6) is 2.92. The number of benzene rings is 2. The van der Waals surface area contributed by atoms with Crippen LogP contribution in [0.25, 0.3) is 0 Å². The molecule has 2 fully saturated rings. The summed E-state index contributed by atoms with van der Waals surface area (Å²) in [4.78, 5) is 0. The molecule has 114 valence electrons. The van der Waals surface area contributed by atoms with Crippen molar-refractivity contribution in [1.82, 2.24) is 0 Å². The van der Waals surface area contributed by atoms with Gasteiger partial charge in [0.2, 0.25) is 0 Å². The molecule has 0 heterocycles. The van der Waals surface area contributed by atoms with Gasteiger partial charge in [-0.1, -0.05) is 39.7 Å². The summed E-state index contributed by atoms with van der Waals surface area (Å²) in [7, 11) is 0. The van der Waals surface area contributed by atoms with Crippen LogP contribution in [0, 0.1) is 11.8 Å².